The fourth-order valence-electron chi connectivity index (χ4n) is 16.3. The summed E-state index contributed by atoms with van der Waals surface area (Å²) in [5, 5.41) is 11.3. The highest BCUT2D eigenvalue weighted by Crippen LogP contribution is 2.43. The van der Waals surface area contributed by atoms with Crippen molar-refractivity contribution < 1.29 is 0 Å². The van der Waals surface area contributed by atoms with Gasteiger partial charge < -0.3 is 0 Å². The minimum absolute atomic E-state index is 0.906. The molecule has 16 aromatic carbocycles. The monoisotopic (exact) mass is 1400 g/mol. The van der Waals surface area contributed by atoms with Gasteiger partial charge in [0.05, 0.1) is 66.6 Å². The van der Waals surface area contributed by atoms with Crippen molar-refractivity contribution in [3.63, 3.8) is 0 Å². The second kappa shape index (κ2) is 26.6. The van der Waals surface area contributed by atoms with Crippen molar-refractivity contribution >= 4 is 109 Å². The lowest BCUT2D eigenvalue weighted by Gasteiger charge is -2.15. The Bertz CT molecular complexity index is 7360. The fourth-order valence-corrected chi connectivity index (χ4v) is 16.3. The number of para-hydroxylation sites is 6. The molecule has 0 bridgehead atoms. The predicted octanol–water partition coefficient (Wildman–Crippen LogP) is 26.2. The summed E-state index contributed by atoms with van der Waals surface area (Å²) < 4.78 is 4.51. The maximum absolute atomic E-state index is 5.39. The van der Waals surface area contributed by atoms with Crippen LogP contribution in [0.2, 0.25) is 0 Å². The molecule has 512 valence electrons. The lowest BCUT2D eigenvalue weighted by molar-refractivity contribution is 1.10. The van der Waals surface area contributed by atoms with Crippen LogP contribution in [-0.4, -0.2) is 39.0 Å². The van der Waals surface area contributed by atoms with E-state index in [0.29, 0.717) is 0 Å². The predicted molar refractivity (Wildman–Crippen MR) is 457 cm³/mol. The van der Waals surface area contributed by atoms with Crippen LogP contribution in [0.25, 0.3) is 210 Å². The molecule has 0 N–H and O–H groups in total. The van der Waals surface area contributed by atoms with Gasteiger partial charge in [0.1, 0.15) is 11.6 Å². The summed E-state index contributed by atoms with van der Waals surface area (Å²) in [5.74, 6) is 1.87. The first kappa shape index (κ1) is 63.6. The van der Waals surface area contributed by atoms with Crippen molar-refractivity contribution in [2.24, 2.45) is 0 Å². The van der Waals surface area contributed by atoms with Gasteiger partial charge >= 0.3 is 0 Å². The summed E-state index contributed by atoms with van der Waals surface area (Å²) >= 11 is 0. The second-order valence-electron chi connectivity index (χ2n) is 28.0. The Hall–Kier alpha value is -14.9. The molecule has 0 amide bonds. The van der Waals surface area contributed by atoms with Crippen LogP contribution in [0.15, 0.2) is 388 Å². The van der Waals surface area contributed by atoms with Gasteiger partial charge in [-0.15, -0.1) is 0 Å². The van der Waals surface area contributed by atoms with E-state index in [9.17, 15) is 0 Å². The molecule has 0 fully saturated rings. The molecule has 0 spiro atoms. The topological polar surface area (TPSA) is 87.2 Å². The van der Waals surface area contributed by atoms with E-state index in [2.05, 4.69) is 373 Å². The molecule has 22 aromatic rings. The Labute approximate surface area is 633 Å². The van der Waals surface area contributed by atoms with Crippen molar-refractivity contribution in [2.45, 2.75) is 0 Å². The molecule has 8 heteroatoms. The van der Waals surface area contributed by atoms with Gasteiger partial charge in [0, 0.05) is 77.1 Å². The number of imidazole rings is 2. The number of hydrogen-bond donors (Lipinski definition) is 0. The summed E-state index contributed by atoms with van der Waals surface area (Å²) in [6.07, 6.45) is 0. The number of nitrogens with zero attached hydrogens (tertiary/aromatic N) is 8. The first-order valence-electron chi connectivity index (χ1n) is 37.2. The highest BCUT2D eigenvalue weighted by molar-refractivity contribution is 6.18. The van der Waals surface area contributed by atoms with Crippen LogP contribution in [0, 0.1) is 0 Å². The van der Waals surface area contributed by atoms with Gasteiger partial charge in [0.15, 0.2) is 0 Å². The van der Waals surface area contributed by atoms with Crippen LogP contribution in [0.3, 0.4) is 0 Å². The van der Waals surface area contributed by atoms with E-state index in [1.807, 2.05) is 24.3 Å². The molecule has 6 aromatic heterocycles. The molecule has 6 heterocycles. The normalized spacial score (nSPS) is 11.6. The highest BCUT2D eigenvalue weighted by atomic mass is 15.1. The Morgan fingerprint density at radius 2 is 0.545 bits per heavy atom. The van der Waals surface area contributed by atoms with Crippen LogP contribution in [0.4, 0.5) is 0 Å². The number of benzene rings is 16. The highest BCUT2D eigenvalue weighted by Gasteiger charge is 2.21. The maximum atomic E-state index is 5.39. The smallest absolute Gasteiger partial charge is 0.145 e. The van der Waals surface area contributed by atoms with E-state index in [1.54, 1.807) is 0 Å². The molecule has 0 radical (unpaired) electrons. The van der Waals surface area contributed by atoms with Crippen molar-refractivity contribution in [3.05, 3.63) is 388 Å². The molecule has 0 saturated carbocycles. The Morgan fingerprint density at radius 3 is 1.05 bits per heavy atom. The summed E-state index contributed by atoms with van der Waals surface area (Å²) in [6.45, 7) is 0. The molecule has 0 unspecified atom stereocenters. The van der Waals surface area contributed by atoms with Crippen molar-refractivity contribution in [1.82, 2.24) is 39.0 Å². The number of pyridine rings is 4. The van der Waals surface area contributed by atoms with E-state index < -0.39 is 0 Å². The third-order valence-electron chi connectivity index (χ3n) is 21.6. The number of hydrogen-bond acceptors (Lipinski definition) is 6. The lowest BCUT2D eigenvalue weighted by Crippen LogP contribution is -1.97. The maximum Gasteiger partial charge on any atom is 0.145 e. The average molecular weight is 1400 g/mol. The number of rotatable bonds is 10. The molecular formula is C102H64N8. The summed E-state index contributed by atoms with van der Waals surface area (Å²) in [7, 11) is 0. The molecule has 22 rings (SSSR count). The van der Waals surface area contributed by atoms with Gasteiger partial charge in [-0.3, -0.25) is 9.13 Å². The Morgan fingerprint density at radius 1 is 0.182 bits per heavy atom. The van der Waals surface area contributed by atoms with Crippen LogP contribution >= 0.6 is 0 Å². The molecule has 0 saturated heterocycles. The minimum Gasteiger partial charge on any atom is -0.292 e. The van der Waals surface area contributed by atoms with Crippen molar-refractivity contribution in [2.75, 3.05) is 0 Å². The average Bonchev–Trinajstić information content (AvgIpc) is 1.09. The second-order valence-corrected chi connectivity index (χ2v) is 28.0. The lowest BCUT2D eigenvalue weighted by atomic mass is 9.93. The zero-order chi connectivity index (χ0) is 72.6. The van der Waals surface area contributed by atoms with E-state index in [0.717, 1.165) is 155 Å². The molecule has 0 atom stereocenters. The first-order chi connectivity index (χ1) is 54.5. The van der Waals surface area contributed by atoms with E-state index in [-0.39, 0.29) is 0 Å². The van der Waals surface area contributed by atoms with Crippen LogP contribution in [0.5, 0.6) is 0 Å². The SMILES string of the molecule is c1ccc(-c2c3ccccc3nc3c2ccc2ccc(-c4ccc(-c5ccc(-n6c(-c7ccccc7)nc7ccccc76)cc5)c5ccccc45)nc23)cc1.c1ccc(-c2c3ccccc3nc3c2ccc2ccc(-c4ccc5cc(-c6ccc(-n7c(-c8ccccc8)nc8ccccc87)cc6)ccc5c4)nc23)cc1. The summed E-state index contributed by atoms with van der Waals surface area (Å²) in [4.78, 5) is 31.2. The Balaban J connectivity index is 0.000000140. The van der Waals surface area contributed by atoms with Gasteiger partial charge in [0.2, 0.25) is 0 Å². The van der Waals surface area contributed by atoms with E-state index in [4.69, 9.17) is 29.9 Å². The van der Waals surface area contributed by atoms with Gasteiger partial charge in [0.25, 0.3) is 0 Å². The van der Waals surface area contributed by atoms with Gasteiger partial charge in [-0.2, -0.15) is 0 Å². The molecule has 110 heavy (non-hydrogen) atoms. The van der Waals surface area contributed by atoms with Gasteiger partial charge in [-0.05, 0) is 140 Å². The van der Waals surface area contributed by atoms with Crippen molar-refractivity contribution in [3.8, 4) is 101 Å². The van der Waals surface area contributed by atoms with Gasteiger partial charge in [-0.1, -0.05) is 303 Å². The summed E-state index contributed by atoms with van der Waals surface area (Å²) in [5.41, 5.74) is 27.5. The third-order valence-corrected chi connectivity index (χ3v) is 21.6. The molecule has 0 aliphatic heterocycles. The quantitative estimate of drug-likeness (QED) is 0.100. The number of aromatic nitrogens is 8. The molecular weight excluding hydrogens is 1340 g/mol. The van der Waals surface area contributed by atoms with E-state index >= 15 is 0 Å². The molecule has 0 aliphatic carbocycles. The molecule has 0 aliphatic rings. The minimum atomic E-state index is 0.906. The standard InChI is InChI=1S/2C51H32N4/c1-3-13-34(14-4-1)48-42-19-9-10-20-44(42)53-50-43(48)29-25-35-26-32-45(52-49(35)50)41-31-30-38(39-17-7-8-18-40(39)41)33-23-27-37(28-24-33)55-47-22-12-11-21-46(47)54-51(55)36-15-5-2-6-16-36;1-3-11-34(12-4-1)48-42-15-7-8-16-45(42)53-50-43(48)29-25-35-26-30-44(52-49(35)50)40-22-21-38-31-37(19-20-39(38)32-40)33-23-27-41(28-24-33)55-47-18-10-9-17-46(47)54-51(55)36-13-5-2-6-14-36/h2*1-32H. The largest absolute Gasteiger partial charge is 0.292 e. The van der Waals surface area contributed by atoms with Crippen LogP contribution in [0.1, 0.15) is 0 Å². The molecule has 8 nitrogen and oxygen atoms in total. The van der Waals surface area contributed by atoms with Crippen molar-refractivity contribution in [1.29, 1.82) is 0 Å². The van der Waals surface area contributed by atoms with Gasteiger partial charge in [-0.25, -0.2) is 29.9 Å². The fraction of sp³-hybridized carbons (Fsp3) is 0. The third kappa shape index (κ3) is 11.1. The Kier molecular flexibility index (Phi) is 15.4. The van der Waals surface area contributed by atoms with E-state index in [1.165, 1.54) is 55.1 Å². The first-order valence-corrected chi connectivity index (χ1v) is 37.2. The zero-order valence-corrected chi connectivity index (χ0v) is 59.5. The van der Waals surface area contributed by atoms with Crippen LogP contribution < -0.4 is 0 Å². The summed E-state index contributed by atoms with van der Waals surface area (Å²) in [6, 6.07) is 137. The zero-order valence-electron chi connectivity index (χ0n) is 59.5. The number of fused-ring (bicyclic) bond motifs is 12. The van der Waals surface area contributed by atoms with Crippen LogP contribution in [-0.2, 0) is 0 Å².